The molecule has 0 spiro atoms. The van der Waals surface area contributed by atoms with Crippen molar-refractivity contribution in [3.8, 4) is 0 Å². The lowest BCUT2D eigenvalue weighted by Crippen LogP contribution is -2.07. The average molecular weight is 269 g/mol. The van der Waals surface area contributed by atoms with Gasteiger partial charge in [0.2, 0.25) is 5.65 Å². The quantitative estimate of drug-likeness (QED) is 0.769. The van der Waals surface area contributed by atoms with Crippen molar-refractivity contribution in [3.63, 3.8) is 0 Å². The molecule has 1 aliphatic carbocycles. The van der Waals surface area contributed by atoms with Gasteiger partial charge in [-0.3, -0.25) is 4.40 Å². The third kappa shape index (κ3) is 2.03. The van der Waals surface area contributed by atoms with E-state index in [-0.39, 0.29) is 0 Å². The summed E-state index contributed by atoms with van der Waals surface area (Å²) >= 11 is 0. The number of hydrogen-bond donors (Lipinski definition) is 1. The molecule has 0 amide bonds. The molecular weight excluding hydrogens is 254 g/mol. The molecule has 1 saturated carbocycles. The van der Waals surface area contributed by atoms with Crippen molar-refractivity contribution >= 4 is 11.5 Å². The van der Waals surface area contributed by atoms with Crippen molar-refractivity contribution in [2.24, 2.45) is 0 Å². The molecule has 102 valence electrons. The molecule has 6 heteroatoms. The SMILES string of the molecule is c1coc(CCNc2nccn3c(C4CC4)nnc23)c1. The van der Waals surface area contributed by atoms with Crippen LogP contribution >= 0.6 is 0 Å². The molecule has 3 aromatic heterocycles. The minimum atomic E-state index is 0.573. The Hall–Kier alpha value is -2.37. The molecule has 4 rings (SSSR count). The predicted octanol–water partition coefficient (Wildman–Crippen LogP) is 2.25. The number of aromatic nitrogens is 4. The van der Waals surface area contributed by atoms with Gasteiger partial charge in [0.15, 0.2) is 5.82 Å². The second-order valence-corrected chi connectivity index (χ2v) is 5.06. The van der Waals surface area contributed by atoms with E-state index in [4.69, 9.17) is 4.42 Å². The molecule has 6 nitrogen and oxygen atoms in total. The van der Waals surface area contributed by atoms with Crippen LogP contribution in [0.5, 0.6) is 0 Å². The van der Waals surface area contributed by atoms with Gasteiger partial charge in [-0.25, -0.2) is 4.98 Å². The third-order valence-electron chi connectivity index (χ3n) is 3.54. The number of anilines is 1. The number of hydrogen-bond acceptors (Lipinski definition) is 5. The molecule has 3 heterocycles. The maximum absolute atomic E-state index is 5.31. The highest BCUT2D eigenvalue weighted by Gasteiger charge is 2.29. The highest BCUT2D eigenvalue weighted by atomic mass is 16.3. The van der Waals surface area contributed by atoms with Crippen LogP contribution in [0, 0.1) is 0 Å². The molecule has 0 aliphatic heterocycles. The maximum Gasteiger partial charge on any atom is 0.203 e. The van der Waals surface area contributed by atoms with Crippen molar-refractivity contribution in [2.75, 3.05) is 11.9 Å². The predicted molar refractivity (Wildman–Crippen MR) is 73.7 cm³/mol. The first-order valence-electron chi connectivity index (χ1n) is 6.88. The summed E-state index contributed by atoms with van der Waals surface area (Å²) in [6.07, 6.45) is 8.65. The van der Waals surface area contributed by atoms with Crippen LogP contribution in [0.15, 0.2) is 35.2 Å². The minimum absolute atomic E-state index is 0.573. The highest BCUT2D eigenvalue weighted by Crippen LogP contribution is 2.39. The van der Waals surface area contributed by atoms with E-state index in [1.54, 1.807) is 12.5 Å². The molecule has 20 heavy (non-hydrogen) atoms. The number of furan rings is 1. The second-order valence-electron chi connectivity index (χ2n) is 5.06. The van der Waals surface area contributed by atoms with E-state index in [1.165, 1.54) is 12.8 Å². The van der Waals surface area contributed by atoms with E-state index in [9.17, 15) is 0 Å². The van der Waals surface area contributed by atoms with Crippen LogP contribution in [0.2, 0.25) is 0 Å². The summed E-state index contributed by atoms with van der Waals surface area (Å²) in [7, 11) is 0. The fourth-order valence-electron chi connectivity index (χ4n) is 2.35. The summed E-state index contributed by atoms with van der Waals surface area (Å²) in [5.41, 5.74) is 0.800. The maximum atomic E-state index is 5.31. The first kappa shape index (κ1) is 11.5. The molecule has 0 atom stereocenters. The Morgan fingerprint density at radius 3 is 3.10 bits per heavy atom. The smallest absolute Gasteiger partial charge is 0.203 e. The molecule has 1 aliphatic rings. The second kappa shape index (κ2) is 4.63. The summed E-state index contributed by atoms with van der Waals surface area (Å²) in [6, 6.07) is 3.87. The van der Waals surface area contributed by atoms with Gasteiger partial charge < -0.3 is 9.73 Å². The van der Waals surface area contributed by atoms with Crippen molar-refractivity contribution in [3.05, 3.63) is 42.4 Å². The molecular formula is C14H15N5O. The van der Waals surface area contributed by atoms with Crippen LogP contribution < -0.4 is 5.32 Å². The number of fused-ring (bicyclic) bond motifs is 1. The fraction of sp³-hybridized carbons (Fsp3) is 0.357. The Labute approximate surface area is 115 Å². The Kier molecular flexibility index (Phi) is 2.65. The Morgan fingerprint density at radius 1 is 1.35 bits per heavy atom. The van der Waals surface area contributed by atoms with Gasteiger partial charge in [-0.1, -0.05) is 0 Å². The monoisotopic (exact) mass is 269 g/mol. The number of rotatable bonds is 5. The number of nitrogens with one attached hydrogen (secondary N) is 1. The van der Waals surface area contributed by atoms with Gasteiger partial charge in [0.25, 0.3) is 0 Å². The lowest BCUT2D eigenvalue weighted by molar-refractivity contribution is 0.513. The normalized spacial score (nSPS) is 14.8. The Balaban J connectivity index is 1.53. The average Bonchev–Trinajstić information content (AvgIpc) is 3.01. The zero-order valence-corrected chi connectivity index (χ0v) is 11.0. The van der Waals surface area contributed by atoms with E-state index >= 15 is 0 Å². The molecule has 0 bridgehead atoms. The van der Waals surface area contributed by atoms with E-state index in [0.29, 0.717) is 5.92 Å². The van der Waals surface area contributed by atoms with Gasteiger partial charge in [-0.2, -0.15) is 0 Å². The van der Waals surface area contributed by atoms with Crippen LogP contribution in [0.1, 0.15) is 30.3 Å². The number of nitrogens with zero attached hydrogens (tertiary/aromatic N) is 4. The van der Waals surface area contributed by atoms with Crippen LogP contribution in [-0.4, -0.2) is 26.1 Å². The zero-order chi connectivity index (χ0) is 13.4. The van der Waals surface area contributed by atoms with Crippen molar-refractivity contribution in [2.45, 2.75) is 25.2 Å². The van der Waals surface area contributed by atoms with E-state index in [0.717, 1.165) is 36.0 Å². The summed E-state index contributed by atoms with van der Waals surface area (Å²) in [5, 5.41) is 11.9. The molecule has 0 radical (unpaired) electrons. The lowest BCUT2D eigenvalue weighted by Gasteiger charge is -2.05. The molecule has 0 unspecified atom stereocenters. The van der Waals surface area contributed by atoms with Crippen molar-refractivity contribution in [1.29, 1.82) is 0 Å². The van der Waals surface area contributed by atoms with Gasteiger partial charge in [-0.15, -0.1) is 10.2 Å². The summed E-state index contributed by atoms with van der Waals surface area (Å²) in [6.45, 7) is 0.756. The van der Waals surface area contributed by atoms with Gasteiger partial charge in [0, 0.05) is 31.3 Å². The zero-order valence-electron chi connectivity index (χ0n) is 11.0. The standard InChI is InChI=1S/C14H15N5O/c1-2-11(20-9-1)5-6-15-12-14-18-17-13(10-3-4-10)19(14)8-7-16-12/h1-2,7-10H,3-6H2,(H,15,16). The summed E-state index contributed by atoms with van der Waals surface area (Å²) < 4.78 is 7.35. The van der Waals surface area contributed by atoms with Crippen molar-refractivity contribution in [1.82, 2.24) is 19.6 Å². The molecule has 0 aromatic carbocycles. The van der Waals surface area contributed by atoms with E-state index < -0.39 is 0 Å². The van der Waals surface area contributed by atoms with E-state index in [1.807, 2.05) is 22.7 Å². The van der Waals surface area contributed by atoms with Crippen LogP contribution in [0.25, 0.3) is 5.65 Å². The summed E-state index contributed by atoms with van der Waals surface area (Å²) in [4.78, 5) is 4.35. The van der Waals surface area contributed by atoms with Crippen LogP contribution in [0.4, 0.5) is 5.82 Å². The molecule has 1 N–H and O–H groups in total. The van der Waals surface area contributed by atoms with Crippen LogP contribution in [-0.2, 0) is 6.42 Å². The molecule has 1 fully saturated rings. The first-order valence-corrected chi connectivity index (χ1v) is 6.88. The van der Waals surface area contributed by atoms with Gasteiger partial charge in [-0.05, 0) is 25.0 Å². The van der Waals surface area contributed by atoms with Gasteiger partial charge >= 0.3 is 0 Å². The Morgan fingerprint density at radius 2 is 2.30 bits per heavy atom. The first-order chi connectivity index (χ1) is 9.92. The summed E-state index contributed by atoms with van der Waals surface area (Å²) in [5.74, 6) is 3.36. The van der Waals surface area contributed by atoms with Crippen molar-refractivity contribution < 1.29 is 4.42 Å². The minimum Gasteiger partial charge on any atom is -0.469 e. The fourth-order valence-corrected chi connectivity index (χ4v) is 2.35. The third-order valence-corrected chi connectivity index (χ3v) is 3.54. The van der Waals surface area contributed by atoms with Gasteiger partial charge in [0.05, 0.1) is 6.26 Å². The lowest BCUT2D eigenvalue weighted by atomic mass is 10.3. The largest absolute Gasteiger partial charge is 0.469 e. The van der Waals surface area contributed by atoms with E-state index in [2.05, 4.69) is 20.5 Å². The topological polar surface area (TPSA) is 68.2 Å². The molecule has 0 saturated heterocycles. The van der Waals surface area contributed by atoms with Gasteiger partial charge in [0.1, 0.15) is 11.6 Å². The van der Waals surface area contributed by atoms with Crippen LogP contribution in [0.3, 0.4) is 0 Å². The molecule has 3 aromatic rings. The highest BCUT2D eigenvalue weighted by molar-refractivity contribution is 5.62. The Bertz CT molecular complexity index is 714.